The van der Waals surface area contributed by atoms with Crippen LogP contribution in [0.1, 0.15) is 24.5 Å². The van der Waals surface area contributed by atoms with Crippen LogP contribution in [0.2, 0.25) is 0 Å². The molecule has 2 aliphatic rings. The number of hydrogen-bond acceptors (Lipinski definition) is 5. The van der Waals surface area contributed by atoms with Crippen molar-refractivity contribution in [3.05, 3.63) is 16.1 Å². The summed E-state index contributed by atoms with van der Waals surface area (Å²) in [5, 5.41) is 12.9. The van der Waals surface area contributed by atoms with Crippen LogP contribution in [0.15, 0.2) is 5.38 Å². The SMILES string of the molecule is CCc1nc(CN2C[C@@H]3CN(C(C)=O)C[C@]3(C(=O)O)C2)cs1. The van der Waals surface area contributed by atoms with Crippen LogP contribution in [-0.4, -0.2) is 57.9 Å². The molecule has 0 unspecified atom stereocenters. The van der Waals surface area contributed by atoms with E-state index in [1.165, 1.54) is 6.92 Å². The van der Waals surface area contributed by atoms with E-state index in [9.17, 15) is 14.7 Å². The number of nitrogens with zero attached hydrogens (tertiary/aromatic N) is 3. The minimum Gasteiger partial charge on any atom is -0.481 e. The molecule has 2 saturated heterocycles. The molecule has 6 nitrogen and oxygen atoms in total. The number of carboxylic acid groups (broad SMARTS) is 1. The van der Waals surface area contributed by atoms with Gasteiger partial charge in [-0.1, -0.05) is 6.92 Å². The lowest BCUT2D eigenvalue weighted by Crippen LogP contribution is -2.41. The number of rotatable bonds is 4. The maximum Gasteiger partial charge on any atom is 0.313 e. The molecule has 1 amide bonds. The van der Waals surface area contributed by atoms with Gasteiger partial charge in [0, 0.05) is 50.9 Å². The fourth-order valence-corrected chi connectivity index (χ4v) is 4.38. The van der Waals surface area contributed by atoms with Gasteiger partial charge in [-0.2, -0.15) is 0 Å². The molecule has 3 rings (SSSR count). The summed E-state index contributed by atoms with van der Waals surface area (Å²) < 4.78 is 0. The highest BCUT2D eigenvalue weighted by Gasteiger charge is 2.58. The smallest absolute Gasteiger partial charge is 0.313 e. The van der Waals surface area contributed by atoms with Gasteiger partial charge < -0.3 is 10.0 Å². The molecule has 1 N–H and O–H groups in total. The molecule has 2 atom stereocenters. The Labute approximate surface area is 133 Å². The number of hydrogen-bond donors (Lipinski definition) is 1. The van der Waals surface area contributed by atoms with Crippen LogP contribution in [0.4, 0.5) is 0 Å². The molecule has 0 aromatic carbocycles. The zero-order valence-electron chi connectivity index (χ0n) is 12.9. The van der Waals surface area contributed by atoms with Gasteiger partial charge in [-0.15, -0.1) is 11.3 Å². The van der Waals surface area contributed by atoms with E-state index in [4.69, 9.17) is 0 Å². The molecule has 2 fully saturated rings. The number of amides is 1. The fraction of sp³-hybridized carbons (Fsp3) is 0.667. The molecule has 0 aliphatic carbocycles. The average molecular weight is 323 g/mol. The third-order valence-electron chi connectivity index (χ3n) is 4.84. The van der Waals surface area contributed by atoms with Crippen LogP contribution in [0, 0.1) is 11.3 Å². The van der Waals surface area contributed by atoms with Crippen LogP contribution in [0.25, 0.3) is 0 Å². The first-order valence-electron chi connectivity index (χ1n) is 7.59. The van der Waals surface area contributed by atoms with Gasteiger partial charge in [-0.3, -0.25) is 14.5 Å². The molecular weight excluding hydrogens is 302 g/mol. The highest BCUT2D eigenvalue weighted by molar-refractivity contribution is 7.09. The van der Waals surface area contributed by atoms with Gasteiger partial charge in [0.05, 0.1) is 10.7 Å². The summed E-state index contributed by atoms with van der Waals surface area (Å²) in [6.07, 6.45) is 0.930. The molecule has 0 radical (unpaired) electrons. The van der Waals surface area contributed by atoms with E-state index in [0.29, 0.717) is 26.2 Å². The maximum absolute atomic E-state index is 11.8. The minimum absolute atomic E-state index is 0.0122. The minimum atomic E-state index is -0.810. The van der Waals surface area contributed by atoms with E-state index in [-0.39, 0.29) is 11.8 Å². The second kappa shape index (κ2) is 5.62. The van der Waals surface area contributed by atoms with Gasteiger partial charge in [0.15, 0.2) is 0 Å². The van der Waals surface area contributed by atoms with Crippen LogP contribution >= 0.6 is 11.3 Å². The van der Waals surface area contributed by atoms with Crippen LogP contribution in [0.3, 0.4) is 0 Å². The quantitative estimate of drug-likeness (QED) is 0.897. The van der Waals surface area contributed by atoms with E-state index in [0.717, 1.165) is 23.7 Å². The van der Waals surface area contributed by atoms with Crippen molar-refractivity contribution in [3.8, 4) is 0 Å². The number of carbonyl (C=O) groups is 2. The van der Waals surface area contributed by atoms with Gasteiger partial charge in [0.2, 0.25) is 5.91 Å². The molecule has 0 spiro atoms. The number of carbonyl (C=O) groups excluding carboxylic acids is 1. The summed E-state index contributed by atoms with van der Waals surface area (Å²) >= 11 is 1.66. The van der Waals surface area contributed by atoms with Gasteiger partial charge in [0.25, 0.3) is 0 Å². The van der Waals surface area contributed by atoms with Crippen LogP contribution in [-0.2, 0) is 22.6 Å². The Morgan fingerprint density at radius 3 is 2.77 bits per heavy atom. The van der Waals surface area contributed by atoms with Crippen molar-refractivity contribution in [2.24, 2.45) is 11.3 Å². The average Bonchev–Trinajstić information content (AvgIpc) is 3.10. The number of carboxylic acids is 1. The Balaban J connectivity index is 1.72. The van der Waals surface area contributed by atoms with Crippen molar-refractivity contribution >= 4 is 23.2 Å². The van der Waals surface area contributed by atoms with E-state index in [1.54, 1.807) is 16.2 Å². The number of aromatic nitrogens is 1. The number of likely N-dealkylation sites (tertiary alicyclic amines) is 2. The Hall–Kier alpha value is -1.47. The standard InChI is InChI=1S/C15H21N3O3S/c1-3-13-16-12(7-22-13)6-17-4-11-5-18(10(2)19)9-15(11,8-17)14(20)21/h7,11H,3-6,8-9H2,1-2H3,(H,20,21)/t11-,15-/m1/s1. The molecule has 22 heavy (non-hydrogen) atoms. The highest BCUT2D eigenvalue weighted by Crippen LogP contribution is 2.43. The van der Waals surface area contributed by atoms with Gasteiger partial charge in [-0.25, -0.2) is 4.98 Å². The van der Waals surface area contributed by atoms with Gasteiger partial charge >= 0.3 is 5.97 Å². The predicted octanol–water partition coefficient (Wildman–Crippen LogP) is 1.07. The highest BCUT2D eigenvalue weighted by atomic mass is 32.1. The second-order valence-corrected chi connectivity index (χ2v) is 7.26. The summed E-state index contributed by atoms with van der Waals surface area (Å²) in [5.41, 5.74) is 0.209. The Kier molecular flexibility index (Phi) is 3.94. The lowest BCUT2D eigenvalue weighted by molar-refractivity contribution is -0.149. The summed E-state index contributed by atoms with van der Waals surface area (Å²) in [7, 11) is 0. The van der Waals surface area contributed by atoms with Crippen molar-refractivity contribution in [1.29, 1.82) is 0 Å². The largest absolute Gasteiger partial charge is 0.481 e. The molecule has 120 valence electrons. The normalized spacial score (nSPS) is 28.1. The molecular formula is C15H21N3O3S. The van der Waals surface area contributed by atoms with Crippen molar-refractivity contribution in [3.63, 3.8) is 0 Å². The van der Waals surface area contributed by atoms with Crippen LogP contribution < -0.4 is 0 Å². The fourth-order valence-electron chi connectivity index (χ4n) is 3.65. The lowest BCUT2D eigenvalue weighted by Gasteiger charge is -2.24. The molecule has 1 aromatic heterocycles. The van der Waals surface area contributed by atoms with E-state index < -0.39 is 11.4 Å². The monoisotopic (exact) mass is 323 g/mol. The van der Waals surface area contributed by atoms with Crippen molar-refractivity contribution in [2.45, 2.75) is 26.8 Å². The van der Waals surface area contributed by atoms with Crippen molar-refractivity contribution in [1.82, 2.24) is 14.8 Å². The summed E-state index contributed by atoms with van der Waals surface area (Å²) in [6, 6.07) is 0. The molecule has 2 aliphatic heterocycles. The van der Waals surface area contributed by atoms with Crippen molar-refractivity contribution < 1.29 is 14.7 Å². The van der Waals surface area contributed by atoms with E-state index in [1.807, 2.05) is 0 Å². The Morgan fingerprint density at radius 1 is 1.45 bits per heavy atom. The molecule has 0 bridgehead atoms. The van der Waals surface area contributed by atoms with E-state index >= 15 is 0 Å². The first kappa shape index (κ1) is 15.4. The molecule has 0 saturated carbocycles. The van der Waals surface area contributed by atoms with Crippen molar-refractivity contribution in [2.75, 3.05) is 26.2 Å². The van der Waals surface area contributed by atoms with Gasteiger partial charge in [-0.05, 0) is 6.42 Å². The van der Waals surface area contributed by atoms with Crippen LogP contribution in [0.5, 0.6) is 0 Å². The first-order valence-corrected chi connectivity index (χ1v) is 8.47. The molecule has 3 heterocycles. The number of fused-ring (bicyclic) bond motifs is 1. The lowest BCUT2D eigenvalue weighted by atomic mass is 9.81. The number of aryl methyl sites for hydroxylation is 1. The topological polar surface area (TPSA) is 73.7 Å². The zero-order valence-corrected chi connectivity index (χ0v) is 13.7. The van der Waals surface area contributed by atoms with Gasteiger partial charge in [0.1, 0.15) is 5.41 Å². The second-order valence-electron chi connectivity index (χ2n) is 6.31. The maximum atomic E-state index is 11.8. The number of thiazole rings is 1. The third-order valence-corrected chi connectivity index (χ3v) is 5.88. The molecule has 1 aromatic rings. The summed E-state index contributed by atoms with van der Waals surface area (Å²) in [6.45, 7) is 6.38. The summed E-state index contributed by atoms with van der Waals surface area (Å²) in [5.74, 6) is -0.803. The molecule has 7 heteroatoms. The third kappa shape index (κ3) is 2.52. The Morgan fingerprint density at radius 2 is 2.23 bits per heavy atom. The zero-order chi connectivity index (χ0) is 15.9. The predicted molar refractivity (Wildman–Crippen MR) is 82.6 cm³/mol. The van der Waals surface area contributed by atoms with E-state index in [2.05, 4.69) is 22.2 Å². The summed E-state index contributed by atoms with van der Waals surface area (Å²) in [4.78, 5) is 31.8. The number of aliphatic carboxylic acids is 1. The Bertz CT molecular complexity index is 603. The first-order chi connectivity index (χ1) is 10.4.